The Balaban J connectivity index is 2.21. The molecule has 0 bridgehead atoms. The van der Waals surface area contributed by atoms with Crippen molar-refractivity contribution in [3.05, 3.63) is 33.9 Å². The molecular formula is C14H17ClN2O4. The van der Waals surface area contributed by atoms with Crippen LogP contribution in [0, 0.1) is 16.0 Å². The summed E-state index contributed by atoms with van der Waals surface area (Å²) in [6, 6.07) is 4.19. The van der Waals surface area contributed by atoms with Crippen molar-refractivity contribution in [2.75, 3.05) is 26.1 Å². The fraction of sp³-hybridized carbons (Fsp3) is 0.500. The van der Waals surface area contributed by atoms with Gasteiger partial charge in [-0.05, 0) is 24.8 Å². The number of alkyl halides is 1. The maximum absolute atomic E-state index is 12.5. The van der Waals surface area contributed by atoms with E-state index in [1.54, 1.807) is 4.90 Å². The van der Waals surface area contributed by atoms with E-state index in [9.17, 15) is 14.9 Å². The van der Waals surface area contributed by atoms with Gasteiger partial charge in [-0.3, -0.25) is 14.9 Å². The number of nitrogens with zero attached hydrogens (tertiary/aromatic N) is 2. The summed E-state index contributed by atoms with van der Waals surface area (Å²) >= 11 is 5.87. The molecule has 1 saturated heterocycles. The number of likely N-dealkylation sites (tertiary alicyclic amines) is 1. The minimum Gasteiger partial charge on any atom is -0.490 e. The minimum atomic E-state index is -0.530. The van der Waals surface area contributed by atoms with E-state index in [1.807, 2.05) is 0 Å². The number of nitro groups is 1. The normalized spacial score (nSPS) is 18.4. The molecule has 1 atom stereocenters. The molecule has 6 nitrogen and oxygen atoms in total. The van der Waals surface area contributed by atoms with E-state index in [2.05, 4.69) is 0 Å². The maximum Gasteiger partial charge on any atom is 0.310 e. The molecule has 0 radical (unpaired) electrons. The molecule has 0 spiro atoms. The Bertz CT molecular complexity index is 550. The lowest BCUT2D eigenvalue weighted by molar-refractivity contribution is -0.385. The lowest BCUT2D eigenvalue weighted by Crippen LogP contribution is -2.40. The van der Waals surface area contributed by atoms with E-state index in [-0.39, 0.29) is 17.3 Å². The quantitative estimate of drug-likeness (QED) is 0.487. The summed E-state index contributed by atoms with van der Waals surface area (Å²) in [5.74, 6) is 0.798. The van der Waals surface area contributed by atoms with Gasteiger partial charge in [0.2, 0.25) is 0 Å². The molecule has 1 fully saturated rings. The number of carbonyl (C=O) groups is 1. The van der Waals surface area contributed by atoms with Gasteiger partial charge in [-0.25, -0.2) is 0 Å². The van der Waals surface area contributed by atoms with Crippen molar-refractivity contribution in [1.82, 2.24) is 4.90 Å². The molecule has 0 aliphatic carbocycles. The summed E-state index contributed by atoms with van der Waals surface area (Å²) in [5.41, 5.74) is 0.249. The summed E-state index contributed by atoms with van der Waals surface area (Å²) in [6.07, 6.45) is 1.95. The van der Waals surface area contributed by atoms with Gasteiger partial charge in [-0.1, -0.05) is 0 Å². The minimum absolute atomic E-state index is 0.0942. The highest BCUT2D eigenvalue weighted by atomic mass is 35.5. The number of nitro benzene ring substituents is 1. The Morgan fingerprint density at radius 1 is 1.57 bits per heavy atom. The van der Waals surface area contributed by atoms with E-state index in [0.29, 0.717) is 30.5 Å². The molecule has 0 aromatic heterocycles. The molecule has 7 heteroatoms. The van der Waals surface area contributed by atoms with Gasteiger partial charge < -0.3 is 9.64 Å². The first-order valence-electron chi connectivity index (χ1n) is 6.74. The number of methoxy groups -OCH3 is 1. The van der Waals surface area contributed by atoms with Crippen LogP contribution >= 0.6 is 11.6 Å². The van der Waals surface area contributed by atoms with Gasteiger partial charge in [0.15, 0.2) is 5.75 Å². The smallest absolute Gasteiger partial charge is 0.310 e. The number of ether oxygens (including phenoxy) is 1. The zero-order chi connectivity index (χ0) is 15.4. The number of rotatable bonds is 4. The second-order valence-electron chi connectivity index (χ2n) is 5.06. The maximum atomic E-state index is 12.5. The van der Waals surface area contributed by atoms with Crippen LogP contribution in [0.2, 0.25) is 0 Å². The van der Waals surface area contributed by atoms with Gasteiger partial charge in [0.05, 0.1) is 12.0 Å². The van der Waals surface area contributed by atoms with Gasteiger partial charge in [-0.15, -0.1) is 11.6 Å². The summed E-state index contributed by atoms with van der Waals surface area (Å²) in [4.78, 5) is 24.5. The lowest BCUT2D eigenvalue weighted by Gasteiger charge is -2.31. The number of hydrogen-bond donors (Lipinski definition) is 0. The molecular weight excluding hydrogens is 296 g/mol. The van der Waals surface area contributed by atoms with Crippen LogP contribution in [0.25, 0.3) is 0 Å². The third-order valence-electron chi connectivity index (χ3n) is 3.65. The average molecular weight is 313 g/mol. The van der Waals surface area contributed by atoms with Crippen molar-refractivity contribution in [3.8, 4) is 5.75 Å². The molecule has 1 amide bonds. The molecule has 21 heavy (non-hydrogen) atoms. The van der Waals surface area contributed by atoms with Crippen LogP contribution in [-0.4, -0.2) is 41.8 Å². The number of amides is 1. The Morgan fingerprint density at radius 3 is 2.95 bits per heavy atom. The molecule has 1 aliphatic rings. The molecule has 114 valence electrons. The summed E-state index contributed by atoms with van der Waals surface area (Å²) in [7, 11) is 1.35. The van der Waals surface area contributed by atoms with Crippen molar-refractivity contribution in [1.29, 1.82) is 0 Å². The van der Waals surface area contributed by atoms with E-state index in [1.165, 1.54) is 25.3 Å². The Labute approximate surface area is 127 Å². The van der Waals surface area contributed by atoms with Crippen LogP contribution in [0.5, 0.6) is 5.75 Å². The van der Waals surface area contributed by atoms with Crippen molar-refractivity contribution < 1.29 is 14.5 Å². The van der Waals surface area contributed by atoms with Gasteiger partial charge in [0, 0.05) is 36.7 Å². The number of benzene rings is 1. The summed E-state index contributed by atoms with van der Waals surface area (Å²) < 4.78 is 4.99. The predicted octanol–water partition coefficient (Wildman–Crippen LogP) is 2.69. The lowest BCUT2D eigenvalue weighted by atomic mass is 9.99. The average Bonchev–Trinajstić information content (AvgIpc) is 2.53. The van der Waals surface area contributed by atoms with Gasteiger partial charge in [-0.2, -0.15) is 0 Å². The monoisotopic (exact) mass is 312 g/mol. The van der Waals surface area contributed by atoms with Crippen molar-refractivity contribution in [3.63, 3.8) is 0 Å². The second kappa shape index (κ2) is 6.76. The van der Waals surface area contributed by atoms with Crippen LogP contribution in [0.3, 0.4) is 0 Å². The largest absolute Gasteiger partial charge is 0.490 e. The second-order valence-corrected chi connectivity index (χ2v) is 5.37. The third kappa shape index (κ3) is 3.44. The zero-order valence-electron chi connectivity index (χ0n) is 11.8. The highest BCUT2D eigenvalue weighted by Crippen LogP contribution is 2.28. The van der Waals surface area contributed by atoms with E-state index in [0.717, 1.165) is 12.8 Å². The Kier molecular flexibility index (Phi) is 5.01. The van der Waals surface area contributed by atoms with Gasteiger partial charge in [0.25, 0.3) is 5.91 Å². The standard InChI is InChI=1S/C14H17ClN2O4/c1-21-13-7-11(4-5-12(13)17(19)20)14(18)16-6-2-3-10(8-15)9-16/h4-5,7,10H,2-3,6,8-9H2,1H3. The molecule has 1 aromatic rings. The predicted molar refractivity (Wildman–Crippen MR) is 79.0 cm³/mol. The summed E-state index contributed by atoms with van der Waals surface area (Å²) in [6.45, 7) is 1.31. The van der Waals surface area contributed by atoms with Crippen molar-refractivity contribution in [2.45, 2.75) is 12.8 Å². The fourth-order valence-electron chi connectivity index (χ4n) is 2.52. The Hall–Kier alpha value is -1.82. The van der Waals surface area contributed by atoms with Gasteiger partial charge in [0.1, 0.15) is 0 Å². The molecule has 2 rings (SSSR count). The van der Waals surface area contributed by atoms with Crippen LogP contribution in [0.15, 0.2) is 18.2 Å². The van der Waals surface area contributed by atoms with Crippen LogP contribution < -0.4 is 4.74 Å². The Morgan fingerprint density at radius 2 is 2.33 bits per heavy atom. The van der Waals surface area contributed by atoms with Gasteiger partial charge >= 0.3 is 5.69 Å². The number of halogens is 1. The van der Waals surface area contributed by atoms with Crippen molar-refractivity contribution >= 4 is 23.2 Å². The number of hydrogen-bond acceptors (Lipinski definition) is 4. The van der Waals surface area contributed by atoms with Crippen LogP contribution in [0.4, 0.5) is 5.69 Å². The molecule has 1 unspecified atom stereocenters. The highest BCUT2D eigenvalue weighted by molar-refractivity contribution is 6.18. The van der Waals surface area contributed by atoms with E-state index < -0.39 is 4.92 Å². The first-order chi connectivity index (χ1) is 10.1. The molecule has 1 heterocycles. The highest BCUT2D eigenvalue weighted by Gasteiger charge is 2.25. The molecule has 1 aromatic carbocycles. The van der Waals surface area contributed by atoms with Crippen LogP contribution in [0.1, 0.15) is 23.2 Å². The fourth-order valence-corrected chi connectivity index (χ4v) is 2.77. The zero-order valence-corrected chi connectivity index (χ0v) is 12.5. The third-order valence-corrected chi connectivity index (χ3v) is 4.08. The number of piperidine rings is 1. The molecule has 1 aliphatic heterocycles. The summed E-state index contributed by atoms with van der Waals surface area (Å²) in [5, 5.41) is 10.9. The first-order valence-corrected chi connectivity index (χ1v) is 7.28. The topological polar surface area (TPSA) is 72.7 Å². The van der Waals surface area contributed by atoms with Crippen LogP contribution in [-0.2, 0) is 0 Å². The van der Waals surface area contributed by atoms with E-state index >= 15 is 0 Å². The first kappa shape index (κ1) is 15.6. The van der Waals surface area contributed by atoms with E-state index in [4.69, 9.17) is 16.3 Å². The molecule has 0 saturated carbocycles. The van der Waals surface area contributed by atoms with Crippen molar-refractivity contribution in [2.24, 2.45) is 5.92 Å². The molecule has 0 N–H and O–H groups in total. The number of carbonyl (C=O) groups excluding carboxylic acids is 1. The SMILES string of the molecule is COc1cc(C(=O)N2CCCC(CCl)C2)ccc1[N+](=O)[O-].